The lowest BCUT2D eigenvalue weighted by Crippen LogP contribution is -2.44. The number of nitrogens with two attached hydrogens (primary N) is 1. The maximum absolute atomic E-state index is 8.73. The molecular weight excluding hydrogens is 224 g/mol. The van der Waals surface area contributed by atoms with Crippen molar-refractivity contribution in [3.63, 3.8) is 0 Å². The van der Waals surface area contributed by atoms with Crippen LogP contribution in [0.25, 0.3) is 0 Å². The number of nitrogen functional groups attached to an aromatic ring is 1. The third kappa shape index (κ3) is 3.64. The van der Waals surface area contributed by atoms with E-state index in [-0.39, 0.29) is 5.54 Å². The molecular formula is C14H22N4. The zero-order valence-electron chi connectivity index (χ0n) is 11.6. The predicted octanol–water partition coefficient (Wildman–Crippen LogP) is 2.09. The Morgan fingerprint density at radius 2 is 2.06 bits per heavy atom. The van der Waals surface area contributed by atoms with E-state index >= 15 is 0 Å². The van der Waals surface area contributed by atoms with Gasteiger partial charge >= 0.3 is 0 Å². The predicted molar refractivity (Wildman–Crippen MR) is 76.4 cm³/mol. The van der Waals surface area contributed by atoms with Gasteiger partial charge in [-0.1, -0.05) is 0 Å². The number of rotatable bonds is 5. The molecule has 0 amide bonds. The van der Waals surface area contributed by atoms with Gasteiger partial charge < -0.3 is 16.0 Å². The minimum absolute atomic E-state index is 0.0662. The van der Waals surface area contributed by atoms with Crippen LogP contribution in [0.1, 0.15) is 19.4 Å². The second kappa shape index (κ2) is 5.74. The fourth-order valence-electron chi connectivity index (χ4n) is 1.43. The van der Waals surface area contributed by atoms with Crippen molar-refractivity contribution in [3.8, 4) is 6.07 Å². The van der Waals surface area contributed by atoms with Gasteiger partial charge in [-0.05, 0) is 51.7 Å². The summed E-state index contributed by atoms with van der Waals surface area (Å²) in [5.41, 5.74) is 8.44. The fraction of sp³-hybridized carbons (Fsp3) is 0.500. The van der Waals surface area contributed by atoms with Gasteiger partial charge in [-0.15, -0.1) is 0 Å². The van der Waals surface area contributed by atoms with E-state index < -0.39 is 0 Å². The summed E-state index contributed by atoms with van der Waals surface area (Å²) in [6.07, 6.45) is 0.346. The Kier molecular flexibility index (Phi) is 4.57. The molecule has 0 radical (unpaired) electrons. The van der Waals surface area contributed by atoms with Crippen LogP contribution in [0.5, 0.6) is 0 Å². The molecule has 1 aromatic rings. The number of hydrogen-bond acceptors (Lipinski definition) is 4. The Morgan fingerprint density at radius 1 is 1.39 bits per heavy atom. The van der Waals surface area contributed by atoms with Gasteiger partial charge in [0.05, 0.1) is 12.5 Å². The summed E-state index contributed by atoms with van der Waals surface area (Å²) >= 11 is 0. The summed E-state index contributed by atoms with van der Waals surface area (Å²) in [5, 5.41) is 12.1. The molecule has 0 aromatic heterocycles. The van der Waals surface area contributed by atoms with Crippen molar-refractivity contribution in [2.45, 2.75) is 25.8 Å². The maximum atomic E-state index is 8.73. The van der Waals surface area contributed by atoms with E-state index in [1.807, 2.05) is 18.2 Å². The highest BCUT2D eigenvalue weighted by molar-refractivity contribution is 5.58. The van der Waals surface area contributed by atoms with Crippen LogP contribution in [0.15, 0.2) is 18.2 Å². The molecule has 0 spiro atoms. The molecule has 0 atom stereocenters. The van der Waals surface area contributed by atoms with Gasteiger partial charge in [0, 0.05) is 23.5 Å². The first kappa shape index (κ1) is 14.3. The highest BCUT2D eigenvalue weighted by Gasteiger charge is 2.19. The Bertz CT molecular complexity index is 444. The normalized spacial score (nSPS) is 11.3. The standard InChI is InChI=1S/C14H22N4/c1-14(2,18(3)4)10-17-12-5-6-13(16)11(9-12)7-8-15/h5-6,9,17H,7,10,16H2,1-4H3. The van der Waals surface area contributed by atoms with Crippen molar-refractivity contribution < 1.29 is 0 Å². The monoisotopic (exact) mass is 246 g/mol. The zero-order valence-corrected chi connectivity index (χ0v) is 11.6. The van der Waals surface area contributed by atoms with Gasteiger partial charge in [-0.25, -0.2) is 0 Å². The molecule has 0 bridgehead atoms. The second-order valence-electron chi connectivity index (χ2n) is 5.31. The van der Waals surface area contributed by atoms with Crippen LogP contribution in [-0.4, -0.2) is 31.1 Å². The summed E-state index contributed by atoms with van der Waals surface area (Å²) in [5.74, 6) is 0. The molecule has 0 heterocycles. The first-order chi connectivity index (χ1) is 8.36. The summed E-state index contributed by atoms with van der Waals surface area (Å²) in [6, 6.07) is 7.87. The minimum Gasteiger partial charge on any atom is -0.398 e. The Hall–Kier alpha value is -1.73. The van der Waals surface area contributed by atoms with E-state index in [4.69, 9.17) is 11.0 Å². The van der Waals surface area contributed by atoms with Crippen molar-refractivity contribution in [1.82, 2.24) is 4.90 Å². The van der Waals surface area contributed by atoms with Crippen LogP contribution in [0.2, 0.25) is 0 Å². The Morgan fingerprint density at radius 3 is 2.61 bits per heavy atom. The second-order valence-corrected chi connectivity index (χ2v) is 5.31. The molecule has 0 unspecified atom stereocenters. The molecule has 0 fully saturated rings. The van der Waals surface area contributed by atoms with Crippen molar-refractivity contribution in [2.75, 3.05) is 31.7 Å². The summed E-state index contributed by atoms with van der Waals surface area (Å²) in [6.45, 7) is 5.18. The number of anilines is 2. The molecule has 0 saturated heterocycles. The van der Waals surface area contributed by atoms with E-state index in [9.17, 15) is 0 Å². The van der Waals surface area contributed by atoms with Gasteiger partial charge in [0.25, 0.3) is 0 Å². The molecule has 0 aliphatic heterocycles. The van der Waals surface area contributed by atoms with E-state index in [0.29, 0.717) is 12.1 Å². The summed E-state index contributed by atoms with van der Waals surface area (Å²) < 4.78 is 0. The van der Waals surface area contributed by atoms with Crippen LogP contribution in [-0.2, 0) is 6.42 Å². The van der Waals surface area contributed by atoms with Gasteiger partial charge in [0.1, 0.15) is 0 Å². The van der Waals surface area contributed by atoms with Crippen molar-refractivity contribution >= 4 is 11.4 Å². The molecule has 0 aliphatic carbocycles. The van der Waals surface area contributed by atoms with Crippen LogP contribution in [0.4, 0.5) is 11.4 Å². The highest BCUT2D eigenvalue weighted by atomic mass is 15.2. The molecule has 4 nitrogen and oxygen atoms in total. The quantitative estimate of drug-likeness (QED) is 0.781. The molecule has 18 heavy (non-hydrogen) atoms. The molecule has 1 rings (SSSR count). The van der Waals surface area contributed by atoms with Crippen molar-refractivity contribution in [3.05, 3.63) is 23.8 Å². The van der Waals surface area contributed by atoms with E-state index in [1.165, 1.54) is 0 Å². The smallest absolute Gasteiger partial charge is 0.0670 e. The number of likely N-dealkylation sites (N-methyl/N-ethyl adjacent to an activating group) is 1. The molecule has 1 aromatic carbocycles. The highest BCUT2D eigenvalue weighted by Crippen LogP contribution is 2.19. The van der Waals surface area contributed by atoms with Crippen LogP contribution < -0.4 is 11.1 Å². The third-order valence-electron chi connectivity index (χ3n) is 3.35. The van der Waals surface area contributed by atoms with E-state index in [2.05, 4.69) is 44.2 Å². The Balaban J connectivity index is 2.75. The average Bonchev–Trinajstić information content (AvgIpc) is 2.30. The van der Waals surface area contributed by atoms with Crippen molar-refractivity contribution in [1.29, 1.82) is 5.26 Å². The number of nitriles is 1. The molecule has 0 saturated carbocycles. The van der Waals surface area contributed by atoms with Gasteiger partial charge in [-0.2, -0.15) is 5.26 Å². The molecule has 3 N–H and O–H groups in total. The summed E-state index contributed by atoms with van der Waals surface area (Å²) in [7, 11) is 4.12. The summed E-state index contributed by atoms with van der Waals surface area (Å²) in [4.78, 5) is 2.17. The third-order valence-corrected chi connectivity index (χ3v) is 3.35. The van der Waals surface area contributed by atoms with Crippen LogP contribution >= 0.6 is 0 Å². The Labute approximate surface area is 109 Å². The SMILES string of the molecule is CN(C)C(C)(C)CNc1ccc(N)c(CC#N)c1. The molecule has 98 valence electrons. The van der Waals surface area contributed by atoms with Gasteiger partial charge in [-0.3, -0.25) is 0 Å². The fourth-order valence-corrected chi connectivity index (χ4v) is 1.43. The molecule has 4 heteroatoms. The number of benzene rings is 1. The number of nitrogens with one attached hydrogen (secondary N) is 1. The van der Waals surface area contributed by atoms with E-state index in [0.717, 1.165) is 17.8 Å². The molecule has 0 aliphatic rings. The number of hydrogen-bond donors (Lipinski definition) is 2. The maximum Gasteiger partial charge on any atom is 0.0670 e. The van der Waals surface area contributed by atoms with Crippen molar-refractivity contribution in [2.24, 2.45) is 0 Å². The first-order valence-corrected chi connectivity index (χ1v) is 6.03. The lowest BCUT2D eigenvalue weighted by atomic mass is 10.0. The zero-order chi connectivity index (χ0) is 13.8. The first-order valence-electron chi connectivity index (χ1n) is 6.03. The van der Waals surface area contributed by atoms with Gasteiger partial charge in [0.15, 0.2) is 0 Å². The van der Waals surface area contributed by atoms with Crippen LogP contribution in [0.3, 0.4) is 0 Å². The minimum atomic E-state index is 0.0662. The van der Waals surface area contributed by atoms with E-state index in [1.54, 1.807) is 0 Å². The largest absolute Gasteiger partial charge is 0.398 e. The lowest BCUT2D eigenvalue weighted by Gasteiger charge is -2.33. The topological polar surface area (TPSA) is 65.1 Å². The van der Waals surface area contributed by atoms with Crippen LogP contribution in [0, 0.1) is 11.3 Å². The van der Waals surface area contributed by atoms with Gasteiger partial charge in [0.2, 0.25) is 0 Å². The lowest BCUT2D eigenvalue weighted by molar-refractivity contribution is 0.210. The number of nitrogens with zero attached hydrogens (tertiary/aromatic N) is 2. The average molecular weight is 246 g/mol.